The molecule has 1 aliphatic heterocycles. The van der Waals surface area contributed by atoms with Crippen molar-refractivity contribution in [2.24, 2.45) is 5.92 Å². The maximum absolute atomic E-state index is 11.4. The molecule has 0 aliphatic carbocycles. The standard InChI is InChI=1S/C11H12N4O2.C5H10/c1-17-11(16)8-4-5-15(7-8)10-3-2-9(6-12)13-14-10;1-4-5(2)3/h2-3,8H,4-5,7H2,1H3;4H,1-3H3/t8-;/m0./s1. The second-order valence-corrected chi connectivity index (χ2v) is 5.21. The molecule has 1 aliphatic rings. The lowest BCUT2D eigenvalue weighted by Crippen LogP contribution is -2.24. The van der Waals surface area contributed by atoms with E-state index in [1.165, 1.54) is 12.7 Å². The summed E-state index contributed by atoms with van der Waals surface area (Å²) >= 11 is 0. The summed E-state index contributed by atoms with van der Waals surface area (Å²) in [6.45, 7) is 7.54. The molecular weight excluding hydrogens is 280 g/mol. The number of carbonyl (C=O) groups excluding carboxylic acids is 1. The van der Waals surface area contributed by atoms with E-state index < -0.39 is 0 Å². The van der Waals surface area contributed by atoms with Crippen molar-refractivity contribution in [3.63, 3.8) is 0 Å². The highest BCUT2D eigenvalue weighted by atomic mass is 16.5. The van der Waals surface area contributed by atoms with Gasteiger partial charge in [0.25, 0.3) is 0 Å². The average molecular weight is 302 g/mol. The zero-order valence-corrected chi connectivity index (χ0v) is 13.5. The van der Waals surface area contributed by atoms with Crippen molar-refractivity contribution in [3.8, 4) is 6.07 Å². The fourth-order valence-corrected chi connectivity index (χ4v) is 1.88. The quantitative estimate of drug-likeness (QED) is 0.616. The lowest BCUT2D eigenvalue weighted by molar-refractivity contribution is -0.144. The molecule has 1 saturated heterocycles. The summed E-state index contributed by atoms with van der Waals surface area (Å²) in [7, 11) is 1.40. The number of nitrogens with zero attached hydrogens (tertiary/aromatic N) is 4. The van der Waals surface area contributed by atoms with E-state index in [4.69, 9.17) is 10.00 Å². The molecule has 0 spiro atoms. The Labute approximate surface area is 131 Å². The van der Waals surface area contributed by atoms with E-state index in [2.05, 4.69) is 30.1 Å². The van der Waals surface area contributed by atoms with Gasteiger partial charge in [-0.1, -0.05) is 11.6 Å². The van der Waals surface area contributed by atoms with Crippen LogP contribution in [0.25, 0.3) is 0 Å². The fraction of sp³-hybridized carbons (Fsp3) is 0.500. The zero-order chi connectivity index (χ0) is 16.5. The molecule has 0 amide bonds. The first-order chi connectivity index (χ1) is 10.5. The monoisotopic (exact) mass is 302 g/mol. The lowest BCUT2D eigenvalue weighted by Gasteiger charge is -2.15. The molecule has 118 valence electrons. The number of aromatic nitrogens is 2. The van der Waals surface area contributed by atoms with Crippen molar-refractivity contribution in [2.45, 2.75) is 27.2 Å². The van der Waals surface area contributed by atoms with Crippen molar-refractivity contribution >= 4 is 11.8 Å². The number of methoxy groups -OCH3 is 1. The number of hydrogen-bond donors (Lipinski definition) is 0. The van der Waals surface area contributed by atoms with Crippen LogP contribution in [0.2, 0.25) is 0 Å². The summed E-state index contributed by atoms with van der Waals surface area (Å²) in [6.07, 6.45) is 2.84. The summed E-state index contributed by atoms with van der Waals surface area (Å²) in [5.41, 5.74) is 1.67. The van der Waals surface area contributed by atoms with Gasteiger partial charge in [-0.3, -0.25) is 4.79 Å². The molecule has 1 fully saturated rings. The highest BCUT2D eigenvalue weighted by Crippen LogP contribution is 2.22. The molecule has 0 aromatic carbocycles. The summed E-state index contributed by atoms with van der Waals surface area (Å²) in [5.74, 6) is 0.405. The van der Waals surface area contributed by atoms with E-state index in [0.717, 1.165) is 13.0 Å². The highest BCUT2D eigenvalue weighted by Gasteiger charge is 2.29. The molecule has 6 heteroatoms. The maximum atomic E-state index is 11.4. The second kappa shape index (κ2) is 8.78. The van der Waals surface area contributed by atoms with E-state index in [-0.39, 0.29) is 17.6 Å². The summed E-state index contributed by atoms with van der Waals surface area (Å²) in [4.78, 5) is 13.3. The predicted molar refractivity (Wildman–Crippen MR) is 84.2 cm³/mol. The first-order valence-corrected chi connectivity index (χ1v) is 7.18. The third-order valence-electron chi connectivity index (χ3n) is 3.39. The third-order valence-corrected chi connectivity index (χ3v) is 3.39. The smallest absolute Gasteiger partial charge is 0.310 e. The van der Waals surface area contributed by atoms with Crippen LogP contribution < -0.4 is 4.90 Å². The minimum atomic E-state index is -0.186. The van der Waals surface area contributed by atoms with Crippen LogP contribution in [0.4, 0.5) is 5.82 Å². The molecule has 0 N–H and O–H groups in total. The van der Waals surface area contributed by atoms with Gasteiger partial charge in [0, 0.05) is 13.1 Å². The Hall–Kier alpha value is -2.42. The van der Waals surface area contributed by atoms with E-state index >= 15 is 0 Å². The molecule has 0 radical (unpaired) electrons. The van der Waals surface area contributed by atoms with Crippen molar-refractivity contribution in [2.75, 3.05) is 25.1 Å². The van der Waals surface area contributed by atoms with Crippen LogP contribution in [-0.4, -0.2) is 36.4 Å². The SMILES string of the molecule is CC=C(C)C.COC(=O)[C@H]1CCN(c2ccc(C#N)nn2)C1. The summed E-state index contributed by atoms with van der Waals surface area (Å²) < 4.78 is 4.71. The summed E-state index contributed by atoms with van der Waals surface area (Å²) in [6, 6.07) is 5.27. The maximum Gasteiger partial charge on any atom is 0.310 e. The van der Waals surface area contributed by atoms with Crippen molar-refractivity contribution in [1.29, 1.82) is 5.26 Å². The Morgan fingerprint density at radius 1 is 1.45 bits per heavy atom. The van der Waals surface area contributed by atoms with Gasteiger partial charge < -0.3 is 9.64 Å². The molecule has 2 heterocycles. The average Bonchev–Trinajstić information content (AvgIpc) is 3.04. The number of anilines is 1. The van der Waals surface area contributed by atoms with Crippen LogP contribution in [-0.2, 0) is 9.53 Å². The Morgan fingerprint density at radius 3 is 2.59 bits per heavy atom. The van der Waals surface area contributed by atoms with Crippen LogP contribution >= 0.6 is 0 Å². The topological polar surface area (TPSA) is 79.1 Å². The first-order valence-electron chi connectivity index (χ1n) is 7.18. The second-order valence-electron chi connectivity index (χ2n) is 5.21. The van der Waals surface area contributed by atoms with Gasteiger partial charge in [0.05, 0.1) is 13.0 Å². The lowest BCUT2D eigenvalue weighted by atomic mass is 10.1. The van der Waals surface area contributed by atoms with Gasteiger partial charge in [-0.15, -0.1) is 10.2 Å². The molecule has 0 unspecified atom stereocenters. The predicted octanol–water partition coefficient (Wildman–Crippen LogP) is 2.32. The third kappa shape index (κ3) is 5.17. The van der Waals surface area contributed by atoms with E-state index in [0.29, 0.717) is 12.4 Å². The molecule has 6 nitrogen and oxygen atoms in total. The number of allylic oxidation sites excluding steroid dienone is 2. The number of carbonyl (C=O) groups is 1. The van der Waals surface area contributed by atoms with E-state index in [9.17, 15) is 4.79 Å². The zero-order valence-electron chi connectivity index (χ0n) is 13.5. The number of ether oxygens (including phenoxy) is 1. The number of hydrogen-bond acceptors (Lipinski definition) is 6. The highest BCUT2D eigenvalue weighted by molar-refractivity contribution is 5.74. The molecule has 0 saturated carbocycles. The van der Waals surface area contributed by atoms with Crippen LogP contribution in [0, 0.1) is 17.2 Å². The van der Waals surface area contributed by atoms with Crippen LogP contribution in [0.5, 0.6) is 0 Å². The fourth-order valence-electron chi connectivity index (χ4n) is 1.88. The van der Waals surface area contributed by atoms with Gasteiger partial charge in [0.1, 0.15) is 6.07 Å². The Balaban J connectivity index is 0.000000422. The largest absolute Gasteiger partial charge is 0.469 e. The van der Waals surface area contributed by atoms with Gasteiger partial charge in [-0.2, -0.15) is 5.26 Å². The first kappa shape index (κ1) is 17.6. The Morgan fingerprint density at radius 2 is 2.14 bits per heavy atom. The molecule has 1 aromatic heterocycles. The van der Waals surface area contributed by atoms with Crippen molar-refractivity contribution < 1.29 is 9.53 Å². The minimum Gasteiger partial charge on any atom is -0.469 e. The van der Waals surface area contributed by atoms with Gasteiger partial charge in [-0.05, 0) is 39.3 Å². The number of nitriles is 1. The van der Waals surface area contributed by atoms with Gasteiger partial charge in [0.15, 0.2) is 11.5 Å². The van der Waals surface area contributed by atoms with Crippen molar-refractivity contribution in [1.82, 2.24) is 10.2 Å². The van der Waals surface area contributed by atoms with E-state index in [1.807, 2.05) is 17.9 Å². The molecular formula is C16H22N4O2. The molecule has 0 bridgehead atoms. The van der Waals surface area contributed by atoms with Gasteiger partial charge >= 0.3 is 5.97 Å². The van der Waals surface area contributed by atoms with Crippen LogP contribution in [0.3, 0.4) is 0 Å². The van der Waals surface area contributed by atoms with Crippen LogP contribution in [0.15, 0.2) is 23.8 Å². The number of esters is 1. The van der Waals surface area contributed by atoms with Crippen LogP contribution in [0.1, 0.15) is 32.9 Å². The van der Waals surface area contributed by atoms with E-state index in [1.54, 1.807) is 12.1 Å². The molecule has 22 heavy (non-hydrogen) atoms. The van der Waals surface area contributed by atoms with Gasteiger partial charge in [0.2, 0.25) is 0 Å². The molecule has 2 rings (SSSR count). The van der Waals surface area contributed by atoms with Gasteiger partial charge in [-0.25, -0.2) is 0 Å². The van der Waals surface area contributed by atoms with Crippen molar-refractivity contribution in [3.05, 3.63) is 29.5 Å². The molecule has 1 aromatic rings. The Bertz CT molecular complexity index is 557. The Kier molecular flexibility index (Phi) is 7.03. The minimum absolute atomic E-state index is 0.0996. The normalized spacial score (nSPS) is 16.1. The molecule has 1 atom stereocenters. The number of rotatable bonds is 2. The summed E-state index contributed by atoms with van der Waals surface area (Å²) in [5, 5.41) is 16.3.